The standard InChI is InChI=1S/C8H15F.C7H4FNO/c1-7-2-4-8(6-9)5-3-7;8-10-7-3-1-6(5-9)2-4-7/h7-8H,2-6H2,1H3;1-4H. The van der Waals surface area contributed by atoms with Crippen LogP contribution in [0.5, 0.6) is 5.75 Å². The number of nitriles is 1. The summed E-state index contributed by atoms with van der Waals surface area (Å²) in [5.74, 6) is 1.37. The van der Waals surface area contributed by atoms with Crippen LogP contribution in [0.15, 0.2) is 24.3 Å². The van der Waals surface area contributed by atoms with Crippen molar-refractivity contribution in [2.24, 2.45) is 11.8 Å². The zero-order valence-corrected chi connectivity index (χ0v) is 11.1. The van der Waals surface area contributed by atoms with Crippen LogP contribution in [0, 0.1) is 23.2 Å². The average Bonchev–Trinajstić information content (AvgIpc) is 2.49. The smallest absolute Gasteiger partial charge is 0.171 e. The zero-order valence-electron chi connectivity index (χ0n) is 11.1. The first-order valence-electron chi connectivity index (χ1n) is 6.54. The van der Waals surface area contributed by atoms with Gasteiger partial charge >= 0.3 is 0 Å². The Morgan fingerprint density at radius 2 is 1.79 bits per heavy atom. The molecule has 0 atom stereocenters. The van der Waals surface area contributed by atoms with Crippen LogP contribution in [0.3, 0.4) is 0 Å². The third kappa shape index (κ3) is 5.69. The molecule has 0 N–H and O–H groups in total. The van der Waals surface area contributed by atoms with E-state index in [0.29, 0.717) is 11.5 Å². The Kier molecular flexibility index (Phi) is 6.88. The molecule has 1 aliphatic carbocycles. The molecule has 0 bridgehead atoms. The van der Waals surface area contributed by atoms with E-state index in [4.69, 9.17) is 5.26 Å². The van der Waals surface area contributed by atoms with Crippen molar-refractivity contribution in [2.45, 2.75) is 32.6 Å². The van der Waals surface area contributed by atoms with E-state index < -0.39 is 0 Å². The highest BCUT2D eigenvalue weighted by Crippen LogP contribution is 2.28. The van der Waals surface area contributed by atoms with Gasteiger partial charge in [0.25, 0.3) is 0 Å². The lowest BCUT2D eigenvalue weighted by atomic mass is 9.84. The molecule has 1 fully saturated rings. The van der Waals surface area contributed by atoms with Gasteiger partial charge in [0, 0.05) is 4.53 Å². The number of hydrogen-bond donors (Lipinski definition) is 0. The SMILES string of the molecule is CC1CCC(CF)CC1.N#Cc1ccc(OF)cc1. The second-order valence-electron chi connectivity index (χ2n) is 4.99. The van der Waals surface area contributed by atoms with Gasteiger partial charge in [0.05, 0.1) is 18.3 Å². The third-order valence-electron chi connectivity index (χ3n) is 3.43. The van der Waals surface area contributed by atoms with Crippen LogP contribution in [0.25, 0.3) is 0 Å². The van der Waals surface area contributed by atoms with Crippen molar-refractivity contribution in [1.82, 2.24) is 0 Å². The highest BCUT2D eigenvalue weighted by atomic mass is 19.3. The minimum atomic E-state index is -0.0906. The lowest BCUT2D eigenvalue weighted by Crippen LogP contribution is -2.13. The summed E-state index contributed by atoms with van der Waals surface area (Å²) in [6, 6.07) is 7.64. The van der Waals surface area contributed by atoms with Gasteiger partial charge in [0.15, 0.2) is 5.75 Å². The van der Waals surface area contributed by atoms with Gasteiger partial charge in [0.2, 0.25) is 0 Å². The van der Waals surface area contributed by atoms with E-state index in [0.717, 1.165) is 18.8 Å². The number of halogens is 2. The van der Waals surface area contributed by atoms with Crippen LogP contribution in [-0.2, 0) is 0 Å². The van der Waals surface area contributed by atoms with Crippen LogP contribution >= 0.6 is 0 Å². The summed E-state index contributed by atoms with van der Waals surface area (Å²) in [7, 11) is 0. The average molecular weight is 267 g/mol. The Labute approximate surface area is 112 Å². The van der Waals surface area contributed by atoms with Gasteiger partial charge in [-0.2, -0.15) is 5.26 Å². The Morgan fingerprint density at radius 1 is 1.21 bits per heavy atom. The van der Waals surface area contributed by atoms with Gasteiger partial charge < -0.3 is 0 Å². The predicted molar refractivity (Wildman–Crippen MR) is 70.0 cm³/mol. The van der Waals surface area contributed by atoms with Gasteiger partial charge in [-0.3, -0.25) is 9.33 Å². The molecule has 104 valence electrons. The molecule has 0 spiro atoms. The molecule has 0 saturated heterocycles. The molecule has 1 aromatic rings. The van der Waals surface area contributed by atoms with E-state index in [1.807, 2.05) is 6.07 Å². The summed E-state index contributed by atoms with van der Waals surface area (Å²) >= 11 is 0. The maximum atomic E-state index is 12.0. The molecule has 1 aliphatic rings. The summed E-state index contributed by atoms with van der Waals surface area (Å²) in [6.07, 6.45) is 4.73. The summed E-state index contributed by atoms with van der Waals surface area (Å²) < 4.78 is 23.4. The molecule has 0 unspecified atom stereocenters. The van der Waals surface area contributed by atoms with Crippen molar-refractivity contribution < 1.29 is 13.9 Å². The second kappa shape index (κ2) is 8.47. The van der Waals surface area contributed by atoms with Gasteiger partial charge in [-0.15, -0.1) is 0 Å². The molecular weight excluding hydrogens is 248 g/mol. The molecule has 1 aromatic carbocycles. The molecule has 2 nitrogen and oxygen atoms in total. The van der Waals surface area contributed by atoms with Crippen molar-refractivity contribution in [3.8, 4) is 11.8 Å². The van der Waals surface area contributed by atoms with Crippen LogP contribution in [0.4, 0.5) is 8.92 Å². The minimum absolute atomic E-state index is 0.0906. The Morgan fingerprint density at radius 3 is 2.21 bits per heavy atom. The van der Waals surface area contributed by atoms with Gasteiger partial charge in [-0.1, -0.05) is 19.8 Å². The fourth-order valence-electron chi connectivity index (χ4n) is 2.06. The highest BCUT2D eigenvalue weighted by molar-refractivity contribution is 5.34. The lowest BCUT2D eigenvalue weighted by Gasteiger charge is -2.23. The monoisotopic (exact) mass is 267 g/mol. The first kappa shape index (κ1) is 15.4. The predicted octanol–water partition coefficient (Wildman–Crippen LogP) is 4.60. The quantitative estimate of drug-likeness (QED) is 0.784. The van der Waals surface area contributed by atoms with Gasteiger partial charge in [-0.05, 0) is 48.9 Å². The van der Waals surface area contributed by atoms with E-state index in [9.17, 15) is 8.92 Å². The Hall–Kier alpha value is -1.63. The number of alkyl halides is 1. The first-order chi connectivity index (χ1) is 9.19. The van der Waals surface area contributed by atoms with E-state index in [-0.39, 0.29) is 12.4 Å². The maximum Gasteiger partial charge on any atom is 0.171 e. The maximum absolute atomic E-state index is 12.0. The third-order valence-corrected chi connectivity index (χ3v) is 3.43. The summed E-state index contributed by atoms with van der Waals surface area (Å²) in [6.45, 7) is 2.17. The van der Waals surface area contributed by atoms with Crippen LogP contribution in [-0.4, -0.2) is 6.67 Å². The first-order valence-corrected chi connectivity index (χ1v) is 6.54. The Bertz CT molecular complexity index is 392. The van der Waals surface area contributed by atoms with E-state index in [2.05, 4.69) is 11.9 Å². The van der Waals surface area contributed by atoms with Crippen LogP contribution in [0.1, 0.15) is 38.2 Å². The van der Waals surface area contributed by atoms with E-state index in [1.54, 1.807) is 0 Å². The van der Waals surface area contributed by atoms with Gasteiger partial charge in [0.1, 0.15) is 0 Å². The molecule has 0 amide bonds. The lowest BCUT2D eigenvalue weighted by molar-refractivity contribution is -0.00620. The van der Waals surface area contributed by atoms with Crippen LogP contribution in [0.2, 0.25) is 0 Å². The van der Waals surface area contributed by atoms with Crippen molar-refractivity contribution in [3.63, 3.8) is 0 Å². The second-order valence-corrected chi connectivity index (χ2v) is 4.99. The number of benzene rings is 1. The molecular formula is C15H19F2NO. The zero-order chi connectivity index (χ0) is 14.1. The highest BCUT2D eigenvalue weighted by Gasteiger charge is 2.17. The Balaban J connectivity index is 0.000000191. The summed E-state index contributed by atoms with van der Waals surface area (Å²) in [5.41, 5.74) is 0.487. The van der Waals surface area contributed by atoms with Crippen molar-refractivity contribution in [3.05, 3.63) is 29.8 Å². The fourth-order valence-corrected chi connectivity index (χ4v) is 2.06. The van der Waals surface area contributed by atoms with Crippen molar-refractivity contribution in [1.29, 1.82) is 5.26 Å². The molecule has 0 radical (unpaired) electrons. The molecule has 0 aliphatic heterocycles. The molecule has 2 rings (SSSR count). The summed E-state index contributed by atoms with van der Waals surface area (Å²) in [4.78, 5) is 3.40. The van der Waals surface area contributed by atoms with Crippen molar-refractivity contribution >= 4 is 0 Å². The van der Waals surface area contributed by atoms with E-state index in [1.165, 1.54) is 37.1 Å². The topological polar surface area (TPSA) is 33.0 Å². The van der Waals surface area contributed by atoms with Crippen molar-refractivity contribution in [2.75, 3.05) is 6.67 Å². The summed E-state index contributed by atoms with van der Waals surface area (Å²) in [5, 5.41) is 8.32. The van der Waals surface area contributed by atoms with E-state index >= 15 is 0 Å². The molecule has 4 heteroatoms. The van der Waals surface area contributed by atoms with Gasteiger partial charge in [-0.25, -0.2) is 0 Å². The molecule has 0 heterocycles. The normalized spacial score (nSPS) is 21.8. The molecule has 0 aromatic heterocycles. The molecule has 1 saturated carbocycles. The number of hydrogen-bond acceptors (Lipinski definition) is 2. The van der Waals surface area contributed by atoms with Crippen LogP contribution < -0.4 is 4.94 Å². The number of nitrogens with zero attached hydrogens (tertiary/aromatic N) is 1. The molecule has 19 heavy (non-hydrogen) atoms. The largest absolute Gasteiger partial charge is 0.294 e. The number of rotatable bonds is 2. The minimum Gasteiger partial charge on any atom is -0.294 e. The fraction of sp³-hybridized carbons (Fsp3) is 0.533.